The molecule has 0 unspecified atom stereocenters. The van der Waals surface area contributed by atoms with Gasteiger partial charge in [-0.25, -0.2) is 4.79 Å². The molecule has 1 rings (SSSR count). The molecule has 0 spiro atoms. The summed E-state index contributed by atoms with van der Waals surface area (Å²) in [6, 6.07) is 2.17. The van der Waals surface area contributed by atoms with Gasteiger partial charge in [-0.05, 0) is 13.8 Å². The quantitative estimate of drug-likeness (QED) is 0.617. The van der Waals surface area contributed by atoms with Crippen molar-refractivity contribution >= 4 is 11.7 Å². The van der Waals surface area contributed by atoms with E-state index >= 15 is 0 Å². The van der Waals surface area contributed by atoms with Crippen LogP contribution in [0.2, 0.25) is 0 Å². The molecule has 0 aliphatic rings. The first-order chi connectivity index (χ1) is 8.51. The molecule has 7 heteroatoms. The zero-order valence-electron chi connectivity index (χ0n) is 10.0. The molecule has 1 aromatic carbocycles. The molecule has 0 saturated carbocycles. The number of rotatable bonds is 6. The molecule has 0 aliphatic heterocycles. The number of carboxylic acid groups (broad SMARTS) is 1. The summed E-state index contributed by atoms with van der Waals surface area (Å²) in [5, 5.41) is 19.8. The van der Waals surface area contributed by atoms with Crippen molar-refractivity contribution in [3.8, 4) is 11.5 Å². The van der Waals surface area contributed by atoms with Crippen LogP contribution in [-0.4, -0.2) is 29.2 Å². The average molecular weight is 255 g/mol. The van der Waals surface area contributed by atoms with Crippen molar-refractivity contribution < 1.29 is 24.3 Å². The van der Waals surface area contributed by atoms with Crippen molar-refractivity contribution in [2.24, 2.45) is 0 Å². The molecular formula is C11H13NO6. The molecule has 98 valence electrons. The molecule has 7 nitrogen and oxygen atoms in total. The summed E-state index contributed by atoms with van der Waals surface area (Å²) in [4.78, 5) is 21.1. The summed E-state index contributed by atoms with van der Waals surface area (Å²) < 4.78 is 10.2. The fourth-order valence-electron chi connectivity index (χ4n) is 1.41. The van der Waals surface area contributed by atoms with Gasteiger partial charge in [-0.15, -0.1) is 0 Å². The van der Waals surface area contributed by atoms with E-state index in [1.54, 1.807) is 13.8 Å². The van der Waals surface area contributed by atoms with E-state index in [0.717, 1.165) is 6.07 Å². The van der Waals surface area contributed by atoms with Gasteiger partial charge in [0.05, 0.1) is 18.1 Å². The van der Waals surface area contributed by atoms with Gasteiger partial charge in [-0.3, -0.25) is 10.1 Å². The lowest BCUT2D eigenvalue weighted by molar-refractivity contribution is -0.385. The molecule has 0 aliphatic carbocycles. The minimum absolute atomic E-state index is 0.00375. The van der Waals surface area contributed by atoms with Crippen molar-refractivity contribution in [2.75, 3.05) is 13.2 Å². The highest BCUT2D eigenvalue weighted by Gasteiger charge is 2.23. The second-order valence-corrected chi connectivity index (χ2v) is 3.24. The van der Waals surface area contributed by atoms with Gasteiger partial charge in [-0.1, -0.05) is 0 Å². The van der Waals surface area contributed by atoms with Gasteiger partial charge in [-0.2, -0.15) is 0 Å². The largest absolute Gasteiger partial charge is 0.493 e. The number of hydrogen-bond donors (Lipinski definition) is 1. The molecule has 0 saturated heterocycles. The highest BCUT2D eigenvalue weighted by Crippen LogP contribution is 2.34. The van der Waals surface area contributed by atoms with Crippen LogP contribution < -0.4 is 9.47 Å². The predicted molar refractivity (Wildman–Crippen MR) is 62.4 cm³/mol. The fraction of sp³-hybridized carbons (Fsp3) is 0.364. The maximum atomic E-state index is 11.0. The lowest BCUT2D eigenvalue weighted by Crippen LogP contribution is -2.06. The van der Waals surface area contributed by atoms with Gasteiger partial charge < -0.3 is 14.6 Å². The van der Waals surface area contributed by atoms with E-state index in [-0.39, 0.29) is 30.3 Å². The van der Waals surface area contributed by atoms with Crippen LogP contribution in [-0.2, 0) is 0 Å². The van der Waals surface area contributed by atoms with Crippen molar-refractivity contribution in [3.63, 3.8) is 0 Å². The van der Waals surface area contributed by atoms with Crippen molar-refractivity contribution in [1.82, 2.24) is 0 Å². The molecule has 0 heterocycles. The molecule has 1 aromatic rings. The van der Waals surface area contributed by atoms with Crippen LogP contribution in [0.4, 0.5) is 5.69 Å². The lowest BCUT2D eigenvalue weighted by Gasteiger charge is -2.10. The number of aromatic carboxylic acids is 1. The monoisotopic (exact) mass is 255 g/mol. The van der Waals surface area contributed by atoms with Crippen LogP contribution >= 0.6 is 0 Å². The zero-order chi connectivity index (χ0) is 13.7. The van der Waals surface area contributed by atoms with Crippen LogP contribution in [0.5, 0.6) is 11.5 Å². The summed E-state index contributed by atoms with van der Waals surface area (Å²) in [5.74, 6) is -1.24. The number of hydrogen-bond acceptors (Lipinski definition) is 5. The summed E-state index contributed by atoms with van der Waals surface area (Å²) in [5.41, 5.74) is -0.648. The van der Waals surface area contributed by atoms with E-state index in [2.05, 4.69) is 0 Å². The van der Waals surface area contributed by atoms with E-state index in [0.29, 0.717) is 0 Å². The second kappa shape index (κ2) is 5.85. The minimum atomic E-state index is -1.29. The number of nitro groups is 1. The molecule has 18 heavy (non-hydrogen) atoms. The Morgan fingerprint density at radius 1 is 1.28 bits per heavy atom. The molecule has 0 radical (unpaired) electrons. The zero-order valence-corrected chi connectivity index (χ0v) is 10.0. The Kier molecular flexibility index (Phi) is 4.47. The molecule has 0 amide bonds. The third kappa shape index (κ3) is 2.88. The van der Waals surface area contributed by atoms with Gasteiger partial charge in [0.2, 0.25) is 5.75 Å². The number of nitro benzene ring substituents is 1. The van der Waals surface area contributed by atoms with Crippen LogP contribution in [0.25, 0.3) is 0 Å². The molecule has 0 fully saturated rings. The van der Waals surface area contributed by atoms with Crippen molar-refractivity contribution in [3.05, 3.63) is 27.8 Å². The van der Waals surface area contributed by atoms with Crippen molar-refractivity contribution in [2.45, 2.75) is 13.8 Å². The Bertz CT molecular complexity index is 432. The maximum Gasteiger partial charge on any atom is 0.339 e. The van der Waals surface area contributed by atoms with Gasteiger partial charge in [0.15, 0.2) is 0 Å². The van der Waals surface area contributed by atoms with E-state index in [9.17, 15) is 14.9 Å². The number of nitrogens with zero attached hydrogens (tertiary/aromatic N) is 1. The molecule has 0 aromatic heterocycles. The summed E-state index contributed by atoms with van der Waals surface area (Å²) in [6.07, 6.45) is 0. The highest BCUT2D eigenvalue weighted by molar-refractivity contribution is 5.92. The fourth-order valence-corrected chi connectivity index (χ4v) is 1.41. The summed E-state index contributed by atoms with van der Waals surface area (Å²) >= 11 is 0. The third-order valence-corrected chi connectivity index (χ3v) is 2.09. The van der Waals surface area contributed by atoms with Crippen molar-refractivity contribution in [1.29, 1.82) is 0 Å². The molecule has 0 bridgehead atoms. The second-order valence-electron chi connectivity index (χ2n) is 3.24. The minimum Gasteiger partial charge on any atom is -0.493 e. The standard InChI is InChI=1S/C11H13NO6/c1-3-17-9-6-10(18-4-2)8(12(15)16)5-7(9)11(13)14/h5-6H,3-4H2,1-2H3,(H,13,14). The Morgan fingerprint density at radius 3 is 2.28 bits per heavy atom. The smallest absolute Gasteiger partial charge is 0.339 e. The van der Waals surface area contributed by atoms with Crippen LogP contribution in [0.1, 0.15) is 24.2 Å². The van der Waals surface area contributed by atoms with Gasteiger partial charge in [0, 0.05) is 12.1 Å². The molecular weight excluding hydrogens is 242 g/mol. The Balaban J connectivity index is 3.39. The third-order valence-electron chi connectivity index (χ3n) is 2.09. The van der Waals surface area contributed by atoms with Crippen LogP contribution in [0, 0.1) is 10.1 Å². The average Bonchev–Trinajstić information content (AvgIpc) is 2.29. The first-order valence-corrected chi connectivity index (χ1v) is 5.32. The van der Waals surface area contributed by atoms with E-state index in [1.807, 2.05) is 0 Å². The molecule has 1 N–H and O–H groups in total. The van der Waals surface area contributed by atoms with Crippen LogP contribution in [0.3, 0.4) is 0 Å². The van der Waals surface area contributed by atoms with Gasteiger partial charge in [0.25, 0.3) is 0 Å². The highest BCUT2D eigenvalue weighted by atomic mass is 16.6. The first kappa shape index (κ1) is 13.8. The molecule has 0 atom stereocenters. The van der Waals surface area contributed by atoms with E-state index in [4.69, 9.17) is 14.6 Å². The number of ether oxygens (including phenoxy) is 2. The van der Waals surface area contributed by atoms with Gasteiger partial charge in [0.1, 0.15) is 11.3 Å². The Hall–Kier alpha value is -2.31. The number of carboxylic acids is 1. The topological polar surface area (TPSA) is 98.9 Å². The van der Waals surface area contributed by atoms with E-state index in [1.165, 1.54) is 6.07 Å². The normalized spacial score (nSPS) is 9.89. The van der Waals surface area contributed by atoms with E-state index < -0.39 is 16.6 Å². The summed E-state index contributed by atoms with van der Waals surface area (Å²) in [6.45, 7) is 3.85. The SMILES string of the molecule is CCOc1cc(OCC)c([N+](=O)[O-])cc1C(=O)O. The Morgan fingerprint density at radius 2 is 1.83 bits per heavy atom. The Labute approximate surface area is 103 Å². The lowest BCUT2D eigenvalue weighted by atomic mass is 10.1. The predicted octanol–water partition coefficient (Wildman–Crippen LogP) is 2.09. The first-order valence-electron chi connectivity index (χ1n) is 5.32. The van der Waals surface area contributed by atoms with Crippen LogP contribution in [0.15, 0.2) is 12.1 Å². The van der Waals surface area contributed by atoms with Gasteiger partial charge >= 0.3 is 11.7 Å². The number of benzene rings is 1. The maximum absolute atomic E-state index is 11.0. The number of carbonyl (C=O) groups is 1. The summed E-state index contributed by atoms with van der Waals surface area (Å²) in [7, 11) is 0.